The van der Waals surface area contributed by atoms with Gasteiger partial charge in [0.05, 0.1) is 7.11 Å². The third-order valence-electron chi connectivity index (χ3n) is 5.12. The highest BCUT2D eigenvalue weighted by Crippen LogP contribution is 2.72. The summed E-state index contributed by atoms with van der Waals surface area (Å²) in [4.78, 5) is 0. The van der Waals surface area contributed by atoms with Crippen LogP contribution in [0.25, 0.3) is 0 Å². The Morgan fingerprint density at radius 2 is 1.61 bits per heavy atom. The van der Waals surface area contributed by atoms with E-state index in [2.05, 4.69) is 45.3 Å². The van der Waals surface area contributed by atoms with E-state index in [0.29, 0.717) is 16.7 Å². The topological polar surface area (TPSA) is 47.3 Å². The van der Waals surface area contributed by atoms with E-state index in [9.17, 15) is 0 Å². The molecule has 3 nitrogen and oxygen atoms in total. The Kier molecular flexibility index (Phi) is 3.16. The smallest absolute Gasteiger partial charge is 0.118 e. The van der Waals surface area contributed by atoms with E-state index < -0.39 is 0 Å². The first-order valence-electron chi connectivity index (χ1n) is 6.46. The summed E-state index contributed by atoms with van der Waals surface area (Å²) in [6.45, 7) is 9.24. The summed E-state index contributed by atoms with van der Waals surface area (Å²) in [6, 6.07) is 8.35. The van der Waals surface area contributed by atoms with Gasteiger partial charge in [-0.1, -0.05) is 39.8 Å². The molecule has 3 heteroatoms. The van der Waals surface area contributed by atoms with Crippen LogP contribution in [0.15, 0.2) is 24.3 Å². The minimum Gasteiger partial charge on any atom is -0.497 e. The van der Waals surface area contributed by atoms with Gasteiger partial charge < -0.3 is 4.74 Å². The van der Waals surface area contributed by atoms with Gasteiger partial charge in [0.15, 0.2) is 0 Å². The zero-order valence-corrected chi connectivity index (χ0v) is 11.9. The summed E-state index contributed by atoms with van der Waals surface area (Å²) in [5.41, 5.74) is 4.83. The maximum atomic E-state index is 5.78. The number of benzene rings is 1. The van der Waals surface area contributed by atoms with E-state index in [-0.39, 0.29) is 6.04 Å². The molecule has 1 fully saturated rings. The largest absolute Gasteiger partial charge is 0.497 e. The Balaban J connectivity index is 2.25. The Morgan fingerprint density at radius 1 is 1.11 bits per heavy atom. The number of hydrogen-bond donors (Lipinski definition) is 2. The summed E-state index contributed by atoms with van der Waals surface area (Å²) >= 11 is 0. The van der Waals surface area contributed by atoms with Gasteiger partial charge in [-0.25, -0.2) is 0 Å². The number of hydrogen-bond acceptors (Lipinski definition) is 3. The van der Waals surface area contributed by atoms with E-state index in [1.54, 1.807) is 7.11 Å². The molecule has 1 aliphatic carbocycles. The van der Waals surface area contributed by atoms with Crippen LogP contribution in [-0.4, -0.2) is 7.11 Å². The van der Waals surface area contributed by atoms with Crippen LogP contribution in [0.3, 0.4) is 0 Å². The predicted octanol–water partition coefficient (Wildman–Crippen LogP) is 2.88. The highest BCUT2D eigenvalue weighted by atomic mass is 16.5. The van der Waals surface area contributed by atoms with Crippen LogP contribution in [0.2, 0.25) is 0 Å². The van der Waals surface area contributed by atoms with E-state index in [4.69, 9.17) is 10.6 Å². The van der Waals surface area contributed by atoms with Gasteiger partial charge >= 0.3 is 0 Å². The van der Waals surface area contributed by atoms with E-state index >= 15 is 0 Å². The molecule has 0 amide bonds. The molecule has 100 valence electrons. The van der Waals surface area contributed by atoms with Crippen molar-refractivity contribution in [2.24, 2.45) is 22.6 Å². The van der Waals surface area contributed by atoms with Crippen molar-refractivity contribution in [3.63, 3.8) is 0 Å². The molecule has 1 atom stereocenters. The van der Waals surface area contributed by atoms with Crippen molar-refractivity contribution in [3.05, 3.63) is 29.8 Å². The molecule has 18 heavy (non-hydrogen) atoms. The van der Waals surface area contributed by atoms with Crippen LogP contribution < -0.4 is 16.0 Å². The lowest BCUT2D eigenvalue weighted by atomic mass is 9.97. The lowest BCUT2D eigenvalue weighted by molar-refractivity contribution is 0.408. The Hall–Kier alpha value is -1.06. The monoisotopic (exact) mass is 248 g/mol. The van der Waals surface area contributed by atoms with Gasteiger partial charge in [-0.05, 0) is 34.4 Å². The van der Waals surface area contributed by atoms with Crippen molar-refractivity contribution in [2.45, 2.75) is 33.7 Å². The second kappa shape index (κ2) is 4.25. The first-order valence-corrected chi connectivity index (χ1v) is 6.46. The van der Waals surface area contributed by atoms with E-state index in [1.807, 2.05) is 12.1 Å². The summed E-state index contributed by atoms with van der Waals surface area (Å²) < 4.78 is 5.19. The molecule has 0 radical (unpaired) electrons. The highest BCUT2D eigenvalue weighted by Gasteiger charge is 2.67. The quantitative estimate of drug-likeness (QED) is 0.636. The van der Waals surface area contributed by atoms with Crippen LogP contribution in [-0.2, 0) is 0 Å². The third-order valence-corrected chi connectivity index (χ3v) is 5.12. The first kappa shape index (κ1) is 13.4. The molecule has 0 aromatic heterocycles. The average molecular weight is 248 g/mol. The number of methoxy groups -OCH3 is 1. The van der Waals surface area contributed by atoms with Crippen molar-refractivity contribution in [3.8, 4) is 5.75 Å². The predicted molar refractivity (Wildman–Crippen MR) is 74.1 cm³/mol. The molecule has 1 unspecified atom stereocenters. The minimum atomic E-state index is 0.195. The number of nitrogens with one attached hydrogen (secondary N) is 1. The van der Waals surface area contributed by atoms with E-state index in [1.165, 1.54) is 5.56 Å². The van der Waals surface area contributed by atoms with Crippen molar-refractivity contribution in [1.29, 1.82) is 0 Å². The number of rotatable bonds is 4. The first-order chi connectivity index (χ1) is 8.36. The Labute approximate surface area is 110 Å². The van der Waals surface area contributed by atoms with Crippen LogP contribution in [0.5, 0.6) is 5.75 Å². The number of hydrazine groups is 1. The molecule has 3 N–H and O–H groups in total. The molecule has 1 saturated carbocycles. The normalized spacial score (nSPS) is 22.6. The molecule has 0 aliphatic heterocycles. The van der Waals surface area contributed by atoms with Gasteiger partial charge in [0.1, 0.15) is 5.75 Å². The number of nitrogens with two attached hydrogens (primary N) is 1. The summed E-state index contributed by atoms with van der Waals surface area (Å²) in [5.74, 6) is 7.20. The van der Waals surface area contributed by atoms with Gasteiger partial charge in [-0.2, -0.15) is 0 Å². The van der Waals surface area contributed by atoms with Gasteiger partial charge in [0.2, 0.25) is 0 Å². The van der Waals surface area contributed by atoms with E-state index in [0.717, 1.165) is 5.75 Å². The van der Waals surface area contributed by atoms with Gasteiger partial charge in [0.25, 0.3) is 0 Å². The second-order valence-corrected chi connectivity index (χ2v) is 6.34. The lowest BCUT2D eigenvalue weighted by Crippen LogP contribution is -2.31. The summed E-state index contributed by atoms with van der Waals surface area (Å²) in [6.07, 6.45) is 0. The van der Waals surface area contributed by atoms with Gasteiger partial charge in [-0.15, -0.1) is 0 Å². The van der Waals surface area contributed by atoms with Gasteiger partial charge in [-0.3, -0.25) is 11.3 Å². The fraction of sp³-hybridized carbons (Fsp3) is 0.600. The summed E-state index contributed by atoms with van der Waals surface area (Å²) in [7, 11) is 1.68. The SMILES string of the molecule is COc1ccc(C(NN)C2C(C)(C)C2(C)C)cc1. The molecule has 0 bridgehead atoms. The van der Waals surface area contributed by atoms with Crippen molar-refractivity contribution in [2.75, 3.05) is 7.11 Å². The molecule has 0 saturated heterocycles. The zero-order chi connectivity index (χ0) is 13.6. The molecule has 0 heterocycles. The molecular weight excluding hydrogens is 224 g/mol. The Morgan fingerprint density at radius 3 is 1.94 bits per heavy atom. The van der Waals surface area contributed by atoms with Crippen molar-refractivity contribution < 1.29 is 4.74 Å². The standard InChI is InChI=1S/C15H24N2O/c1-14(2)13(15(14,3)4)12(17-16)10-6-8-11(18-5)9-7-10/h6-9,12-13,17H,16H2,1-5H3. The van der Waals surface area contributed by atoms with Crippen LogP contribution >= 0.6 is 0 Å². The second-order valence-electron chi connectivity index (χ2n) is 6.34. The molecule has 1 aromatic rings. The van der Waals surface area contributed by atoms with Crippen LogP contribution in [0, 0.1) is 16.7 Å². The minimum absolute atomic E-state index is 0.195. The molecule has 1 aromatic carbocycles. The average Bonchev–Trinajstić information content (AvgIpc) is 2.74. The maximum Gasteiger partial charge on any atom is 0.118 e. The Bertz CT molecular complexity index is 409. The fourth-order valence-electron chi connectivity index (χ4n) is 3.28. The fourth-order valence-corrected chi connectivity index (χ4v) is 3.28. The maximum absolute atomic E-state index is 5.78. The molecule has 0 spiro atoms. The summed E-state index contributed by atoms with van der Waals surface area (Å²) in [5, 5.41) is 0. The third kappa shape index (κ3) is 1.82. The van der Waals surface area contributed by atoms with Gasteiger partial charge in [0, 0.05) is 6.04 Å². The van der Waals surface area contributed by atoms with Crippen LogP contribution in [0.4, 0.5) is 0 Å². The number of ether oxygens (including phenoxy) is 1. The molecular formula is C15H24N2O. The van der Waals surface area contributed by atoms with Crippen molar-refractivity contribution >= 4 is 0 Å². The van der Waals surface area contributed by atoms with Crippen molar-refractivity contribution in [1.82, 2.24) is 5.43 Å². The molecule has 1 aliphatic rings. The van der Waals surface area contributed by atoms with Crippen LogP contribution in [0.1, 0.15) is 39.3 Å². The zero-order valence-electron chi connectivity index (χ0n) is 11.9. The highest BCUT2D eigenvalue weighted by molar-refractivity contribution is 5.32. The lowest BCUT2D eigenvalue weighted by Gasteiger charge is -2.19. The molecule has 2 rings (SSSR count).